The second kappa shape index (κ2) is 19.5. The van der Waals surface area contributed by atoms with Gasteiger partial charge in [-0.15, -0.1) is 0 Å². The molecule has 0 unspecified atom stereocenters. The van der Waals surface area contributed by atoms with Gasteiger partial charge in [-0.2, -0.15) is 10.5 Å². The fraction of sp³-hybridized carbons (Fsp3) is 0.0149. The van der Waals surface area contributed by atoms with E-state index in [0.717, 1.165) is 106 Å². The summed E-state index contributed by atoms with van der Waals surface area (Å²) in [5, 5.41) is 21.5. The van der Waals surface area contributed by atoms with Crippen LogP contribution in [0.1, 0.15) is 16.7 Å². The lowest BCUT2D eigenvalue weighted by Gasteiger charge is -2.26. The largest absolute Gasteiger partial charge is 0.310 e. The Balaban J connectivity index is 0.974. The Bertz CT molecular complexity index is 3910. The van der Waals surface area contributed by atoms with Gasteiger partial charge in [-0.05, 0) is 157 Å². The molecule has 7 heteroatoms. The minimum Gasteiger partial charge on any atom is -0.310 e. The number of nitriles is 2. The Morgan fingerprint density at radius 3 is 1.26 bits per heavy atom. The lowest BCUT2D eigenvalue weighted by Crippen LogP contribution is -2.10. The Labute approximate surface area is 430 Å². The summed E-state index contributed by atoms with van der Waals surface area (Å²) in [5.74, 6) is 0.691. The molecule has 0 fully saturated rings. The molecule has 0 N–H and O–H groups in total. The van der Waals surface area contributed by atoms with Crippen LogP contribution in [0, 0.1) is 29.6 Å². The van der Waals surface area contributed by atoms with Gasteiger partial charge in [-0.3, -0.25) is 0 Å². The third-order valence-corrected chi connectivity index (χ3v) is 13.6. The minimum atomic E-state index is 0.580. The van der Waals surface area contributed by atoms with Crippen molar-refractivity contribution in [3.05, 3.63) is 271 Å². The normalized spacial score (nSPS) is 11.0. The van der Waals surface area contributed by atoms with E-state index in [1.165, 1.54) is 0 Å². The van der Waals surface area contributed by atoms with Crippen molar-refractivity contribution in [2.75, 3.05) is 9.80 Å². The van der Waals surface area contributed by atoms with Crippen LogP contribution in [0.3, 0.4) is 0 Å². The van der Waals surface area contributed by atoms with E-state index in [9.17, 15) is 10.5 Å². The van der Waals surface area contributed by atoms with Crippen LogP contribution >= 0.6 is 0 Å². The molecule has 0 atom stereocenters. The number of fused-ring (bicyclic) bond motifs is 3. The van der Waals surface area contributed by atoms with E-state index in [2.05, 4.69) is 191 Å². The van der Waals surface area contributed by atoms with E-state index in [0.29, 0.717) is 17.0 Å². The van der Waals surface area contributed by atoms with Gasteiger partial charge in [0.2, 0.25) is 0 Å². The van der Waals surface area contributed by atoms with Gasteiger partial charge in [-0.1, -0.05) is 121 Å². The first-order valence-corrected chi connectivity index (χ1v) is 24.5. The highest BCUT2D eigenvalue weighted by Gasteiger charge is 2.21. The van der Waals surface area contributed by atoms with Gasteiger partial charge in [0, 0.05) is 67.3 Å². The molecule has 0 amide bonds. The molecule has 0 saturated carbocycles. The zero-order valence-electron chi connectivity index (χ0n) is 40.4. The summed E-state index contributed by atoms with van der Waals surface area (Å²) in [7, 11) is 0. The van der Waals surface area contributed by atoms with Crippen LogP contribution in [0.5, 0.6) is 0 Å². The first-order chi connectivity index (χ1) is 36.5. The molecule has 0 saturated heterocycles. The summed E-state index contributed by atoms with van der Waals surface area (Å²) < 4.78 is 2.35. The quantitative estimate of drug-likeness (QED) is 0.128. The topological polar surface area (TPSA) is 84.8 Å². The minimum absolute atomic E-state index is 0.580. The summed E-state index contributed by atoms with van der Waals surface area (Å²) >= 11 is 0. The average Bonchev–Trinajstić information content (AvgIpc) is 3.80. The van der Waals surface area contributed by atoms with E-state index in [1.807, 2.05) is 97.1 Å². The smallest absolute Gasteiger partial charge is 0.160 e. The Hall–Kier alpha value is -10.3. The molecule has 0 aliphatic heterocycles. The number of aryl methyl sites for hydroxylation is 1. The van der Waals surface area contributed by atoms with Crippen LogP contribution in [0.25, 0.3) is 72.5 Å². The molecule has 2 heterocycles. The van der Waals surface area contributed by atoms with E-state index in [4.69, 9.17) is 9.97 Å². The fourth-order valence-electron chi connectivity index (χ4n) is 9.98. The average molecular weight is 948 g/mol. The number of aromatic nitrogens is 3. The number of hydrogen-bond donors (Lipinski definition) is 0. The van der Waals surface area contributed by atoms with Gasteiger partial charge >= 0.3 is 0 Å². The number of hydrogen-bond acceptors (Lipinski definition) is 6. The van der Waals surface area contributed by atoms with Crippen LogP contribution in [0.15, 0.2) is 255 Å². The van der Waals surface area contributed by atoms with Crippen molar-refractivity contribution in [1.29, 1.82) is 10.5 Å². The highest BCUT2D eigenvalue weighted by molar-refractivity contribution is 6.12. The predicted octanol–water partition coefficient (Wildman–Crippen LogP) is 17.2. The summed E-state index contributed by atoms with van der Waals surface area (Å²) in [5.41, 5.74) is 18.3. The van der Waals surface area contributed by atoms with Crippen LogP contribution < -0.4 is 9.80 Å². The van der Waals surface area contributed by atoms with Gasteiger partial charge in [0.1, 0.15) is 0 Å². The van der Waals surface area contributed by atoms with Crippen LogP contribution in [0.4, 0.5) is 34.1 Å². The summed E-state index contributed by atoms with van der Waals surface area (Å²) in [6.07, 6.45) is 0. The zero-order valence-corrected chi connectivity index (χ0v) is 40.4. The molecule has 0 radical (unpaired) electrons. The zero-order chi connectivity index (χ0) is 50.0. The molecule has 12 aromatic rings. The third kappa shape index (κ3) is 8.58. The van der Waals surface area contributed by atoms with Crippen molar-refractivity contribution >= 4 is 55.9 Å². The number of rotatable bonds is 11. The van der Waals surface area contributed by atoms with Gasteiger partial charge in [0.05, 0.1) is 45.7 Å². The van der Waals surface area contributed by atoms with E-state index in [1.54, 1.807) is 0 Å². The standard InChI is InChI=1S/C67H45N7/c1-46-40-52(64-43-63(50-14-6-2-7-15-50)70-67(71-64)51-16-8-3-9-17-51)28-37-60(46)49-26-33-57(34-27-49)74-65-38-35-58(72(53-18-10-4-11-19-53)54-20-12-5-13-21-54)41-61(65)62-42-59(36-39-66(62)74)73(55-29-22-47(44-68)23-30-55)56-31-24-48(45-69)25-32-56/h2-43H,1H3. The molecule has 0 aliphatic rings. The summed E-state index contributed by atoms with van der Waals surface area (Å²) in [6, 6.07) is 92.0. The van der Waals surface area contributed by atoms with Crippen molar-refractivity contribution in [3.63, 3.8) is 0 Å². The predicted molar refractivity (Wildman–Crippen MR) is 302 cm³/mol. The Kier molecular flexibility index (Phi) is 11.8. The molecule has 2 aromatic heterocycles. The van der Waals surface area contributed by atoms with E-state index in [-0.39, 0.29) is 0 Å². The lowest BCUT2D eigenvalue weighted by atomic mass is 9.96. The molecular weight excluding hydrogens is 903 g/mol. The number of nitrogens with zero attached hydrogens (tertiary/aromatic N) is 7. The van der Waals surface area contributed by atoms with Crippen LogP contribution in [-0.4, -0.2) is 14.5 Å². The molecule has 12 rings (SSSR count). The Morgan fingerprint density at radius 2 is 0.784 bits per heavy atom. The maximum absolute atomic E-state index is 9.69. The SMILES string of the molecule is Cc1cc(-c2cc(-c3ccccc3)nc(-c3ccccc3)n2)ccc1-c1ccc(-n2c3ccc(N(c4ccccc4)c4ccccc4)cc3c3cc(N(c4ccc(C#N)cc4)c4ccc(C#N)cc4)ccc32)cc1. The van der Waals surface area contributed by atoms with Crippen molar-refractivity contribution < 1.29 is 0 Å². The maximum atomic E-state index is 9.69. The van der Waals surface area contributed by atoms with Crippen LogP contribution in [0.2, 0.25) is 0 Å². The van der Waals surface area contributed by atoms with Crippen molar-refractivity contribution in [2.45, 2.75) is 6.92 Å². The third-order valence-electron chi connectivity index (χ3n) is 13.6. The fourth-order valence-corrected chi connectivity index (χ4v) is 9.98. The van der Waals surface area contributed by atoms with Crippen molar-refractivity contribution in [1.82, 2.24) is 14.5 Å². The van der Waals surface area contributed by atoms with Gasteiger partial charge in [0.25, 0.3) is 0 Å². The highest BCUT2D eigenvalue weighted by Crippen LogP contribution is 2.43. The maximum Gasteiger partial charge on any atom is 0.160 e. The second-order valence-electron chi connectivity index (χ2n) is 18.2. The lowest BCUT2D eigenvalue weighted by molar-refractivity contribution is 1.18. The Morgan fingerprint density at radius 1 is 0.365 bits per heavy atom. The molecular formula is C67H45N7. The van der Waals surface area contributed by atoms with Crippen molar-refractivity contribution in [2.24, 2.45) is 0 Å². The molecule has 74 heavy (non-hydrogen) atoms. The van der Waals surface area contributed by atoms with E-state index >= 15 is 0 Å². The first kappa shape index (κ1) is 44.8. The summed E-state index contributed by atoms with van der Waals surface area (Å²) in [4.78, 5) is 14.6. The molecule has 7 nitrogen and oxygen atoms in total. The summed E-state index contributed by atoms with van der Waals surface area (Å²) in [6.45, 7) is 2.17. The monoisotopic (exact) mass is 947 g/mol. The highest BCUT2D eigenvalue weighted by atomic mass is 15.1. The number of para-hydroxylation sites is 2. The van der Waals surface area contributed by atoms with E-state index < -0.39 is 0 Å². The van der Waals surface area contributed by atoms with Crippen LogP contribution in [-0.2, 0) is 0 Å². The molecule has 0 spiro atoms. The second-order valence-corrected chi connectivity index (χ2v) is 18.2. The first-order valence-electron chi connectivity index (χ1n) is 24.5. The van der Waals surface area contributed by atoms with Gasteiger partial charge < -0.3 is 14.4 Å². The van der Waals surface area contributed by atoms with Gasteiger partial charge in [-0.25, -0.2) is 9.97 Å². The molecule has 0 bridgehead atoms. The molecule has 348 valence electrons. The number of anilines is 6. The molecule has 0 aliphatic carbocycles. The number of benzene rings is 10. The molecule has 10 aromatic carbocycles. The van der Waals surface area contributed by atoms with Crippen molar-refractivity contribution in [3.8, 4) is 62.9 Å². The van der Waals surface area contributed by atoms with Gasteiger partial charge in [0.15, 0.2) is 5.82 Å².